The van der Waals surface area contributed by atoms with Crippen LogP contribution >= 0.6 is 22.7 Å². The molecule has 0 spiro atoms. The minimum absolute atomic E-state index is 0.0954. The Bertz CT molecular complexity index is 1270. The van der Waals surface area contributed by atoms with Gasteiger partial charge in [0, 0.05) is 17.3 Å². The number of allylic oxidation sites excluding steroid dienone is 1. The molecule has 1 aliphatic heterocycles. The van der Waals surface area contributed by atoms with Gasteiger partial charge in [0.05, 0.1) is 15.8 Å². The summed E-state index contributed by atoms with van der Waals surface area (Å²) in [5.41, 5.74) is 1.55. The number of rotatable bonds is 5. The van der Waals surface area contributed by atoms with Crippen LogP contribution in [0.2, 0.25) is 0 Å². The topological polar surface area (TPSA) is 73.6 Å². The average Bonchev–Trinajstić information content (AvgIpc) is 3.35. The number of pyridine rings is 1. The van der Waals surface area contributed by atoms with Crippen molar-refractivity contribution >= 4 is 34.7 Å². The van der Waals surface area contributed by atoms with Crippen LogP contribution < -0.4 is 14.9 Å². The van der Waals surface area contributed by atoms with Gasteiger partial charge in [-0.05, 0) is 36.1 Å². The molecule has 146 valence electrons. The number of thiophene rings is 1. The van der Waals surface area contributed by atoms with Crippen LogP contribution in [-0.4, -0.2) is 22.1 Å². The van der Waals surface area contributed by atoms with Crippen molar-refractivity contribution < 1.29 is 9.53 Å². The number of carbonyl (C=O) groups excluding carboxylic acids is 1. The molecule has 0 bridgehead atoms. The van der Waals surface area contributed by atoms with Gasteiger partial charge in [-0.15, -0.1) is 11.3 Å². The molecule has 0 N–H and O–H groups in total. The van der Waals surface area contributed by atoms with Gasteiger partial charge in [-0.3, -0.25) is 14.3 Å². The second-order valence-corrected chi connectivity index (χ2v) is 8.26. The van der Waals surface area contributed by atoms with Gasteiger partial charge in [0.25, 0.3) is 5.56 Å². The molecule has 0 aliphatic carbocycles. The Morgan fingerprint density at radius 1 is 1.38 bits per heavy atom. The van der Waals surface area contributed by atoms with E-state index in [1.54, 1.807) is 30.0 Å². The van der Waals surface area contributed by atoms with Gasteiger partial charge in [-0.1, -0.05) is 36.1 Å². The van der Waals surface area contributed by atoms with Crippen molar-refractivity contribution in [1.82, 2.24) is 9.55 Å². The number of fused-ring (bicyclic) bond motifs is 1. The summed E-state index contributed by atoms with van der Waals surface area (Å²) < 4.78 is 7.40. The van der Waals surface area contributed by atoms with E-state index in [4.69, 9.17) is 4.74 Å². The number of hydrogen-bond acceptors (Lipinski definition) is 7. The minimum atomic E-state index is -0.570. The van der Waals surface area contributed by atoms with Crippen LogP contribution in [0.4, 0.5) is 0 Å². The first-order chi connectivity index (χ1) is 14.1. The third-order valence-electron chi connectivity index (χ3n) is 4.37. The molecule has 1 unspecified atom stereocenters. The Hall–Kier alpha value is -3.10. The number of ether oxygens (including phenoxy) is 1. The van der Waals surface area contributed by atoms with Gasteiger partial charge in [-0.25, -0.2) is 9.79 Å². The molecule has 6 nitrogen and oxygen atoms in total. The van der Waals surface area contributed by atoms with E-state index in [2.05, 4.69) is 16.6 Å². The predicted molar refractivity (Wildman–Crippen MR) is 113 cm³/mol. The molecule has 0 amide bonds. The predicted octanol–water partition coefficient (Wildman–Crippen LogP) is 2.42. The third-order valence-corrected chi connectivity index (χ3v) is 6.28. The maximum absolute atomic E-state index is 13.3. The van der Waals surface area contributed by atoms with E-state index in [-0.39, 0.29) is 12.2 Å². The van der Waals surface area contributed by atoms with Crippen molar-refractivity contribution in [1.29, 1.82) is 0 Å². The first-order valence-corrected chi connectivity index (χ1v) is 10.5. The number of thiazole rings is 1. The highest BCUT2D eigenvalue weighted by Gasteiger charge is 2.33. The monoisotopic (exact) mass is 423 g/mol. The van der Waals surface area contributed by atoms with E-state index >= 15 is 0 Å². The zero-order valence-corrected chi connectivity index (χ0v) is 17.2. The van der Waals surface area contributed by atoms with Crippen LogP contribution in [0, 0.1) is 0 Å². The van der Waals surface area contributed by atoms with E-state index in [1.165, 1.54) is 28.7 Å². The van der Waals surface area contributed by atoms with Crippen molar-refractivity contribution in [3.05, 3.63) is 96.1 Å². The lowest BCUT2D eigenvalue weighted by Gasteiger charge is -2.23. The van der Waals surface area contributed by atoms with Crippen LogP contribution in [0.5, 0.6) is 0 Å². The van der Waals surface area contributed by atoms with E-state index < -0.39 is 12.0 Å². The quantitative estimate of drug-likeness (QED) is 0.467. The molecule has 0 aromatic carbocycles. The maximum atomic E-state index is 13.3. The van der Waals surface area contributed by atoms with Gasteiger partial charge in [0.2, 0.25) is 0 Å². The SMILES string of the molecule is C=CCOC(=O)C1=C(C)N=c2s/c(=C\c3cccnc3)c(=O)n2C1c1cccs1. The fourth-order valence-corrected chi connectivity index (χ4v) is 4.99. The summed E-state index contributed by atoms with van der Waals surface area (Å²) in [6, 6.07) is 6.93. The number of nitrogens with zero attached hydrogens (tertiary/aromatic N) is 3. The summed E-state index contributed by atoms with van der Waals surface area (Å²) in [5, 5.41) is 1.92. The Kier molecular flexibility index (Phi) is 5.37. The molecule has 0 saturated carbocycles. The fraction of sp³-hybridized carbons (Fsp3) is 0.143. The highest BCUT2D eigenvalue weighted by atomic mass is 32.1. The van der Waals surface area contributed by atoms with Crippen molar-refractivity contribution in [2.45, 2.75) is 13.0 Å². The molecule has 0 fully saturated rings. The first kappa shape index (κ1) is 19.2. The number of esters is 1. The Morgan fingerprint density at radius 3 is 2.93 bits per heavy atom. The molecule has 1 aliphatic rings. The van der Waals surface area contributed by atoms with Gasteiger partial charge >= 0.3 is 5.97 Å². The van der Waals surface area contributed by atoms with Crippen LogP contribution in [-0.2, 0) is 9.53 Å². The second kappa shape index (κ2) is 8.10. The van der Waals surface area contributed by atoms with Gasteiger partial charge in [0.15, 0.2) is 4.80 Å². The van der Waals surface area contributed by atoms with Crippen LogP contribution in [0.1, 0.15) is 23.4 Å². The minimum Gasteiger partial charge on any atom is -0.458 e. The summed E-state index contributed by atoms with van der Waals surface area (Å²) in [6.45, 7) is 5.44. The number of carbonyl (C=O) groups is 1. The van der Waals surface area contributed by atoms with Gasteiger partial charge < -0.3 is 4.74 Å². The van der Waals surface area contributed by atoms with Crippen molar-refractivity contribution in [3.63, 3.8) is 0 Å². The van der Waals surface area contributed by atoms with Gasteiger partial charge in [0.1, 0.15) is 12.6 Å². The molecule has 8 heteroatoms. The van der Waals surface area contributed by atoms with Crippen LogP contribution in [0.3, 0.4) is 0 Å². The lowest BCUT2D eigenvalue weighted by molar-refractivity contribution is -0.138. The normalized spacial score (nSPS) is 16.3. The van der Waals surface area contributed by atoms with E-state index in [9.17, 15) is 9.59 Å². The molecule has 0 saturated heterocycles. The maximum Gasteiger partial charge on any atom is 0.338 e. The number of aromatic nitrogens is 2. The summed E-state index contributed by atoms with van der Waals surface area (Å²) in [7, 11) is 0. The standard InChI is InChI=1S/C21H17N3O3S2/c1-3-9-27-20(26)17-13(2)23-21-24(18(17)15-7-5-10-28-15)19(25)16(29-21)11-14-6-4-8-22-12-14/h3-8,10-12,18H,1,9H2,2H3/b16-11-. The zero-order chi connectivity index (χ0) is 20.4. The van der Waals surface area contributed by atoms with E-state index in [0.29, 0.717) is 20.6 Å². The molecular formula is C21H17N3O3S2. The Labute approximate surface area is 174 Å². The van der Waals surface area contributed by atoms with Gasteiger partial charge in [-0.2, -0.15) is 0 Å². The highest BCUT2D eigenvalue weighted by Crippen LogP contribution is 2.33. The molecule has 3 aromatic heterocycles. The molecule has 3 aromatic rings. The summed E-state index contributed by atoms with van der Waals surface area (Å²) in [5.74, 6) is -0.494. The van der Waals surface area contributed by atoms with Crippen molar-refractivity contribution in [2.75, 3.05) is 6.61 Å². The third kappa shape index (κ3) is 3.64. The highest BCUT2D eigenvalue weighted by molar-refractivity contribution is 7.10. The Balaban J connectivity index is 1.92. The fourth-order valence-electron chi connectivity index (χ4n) is 3.12. The average molecular weight is 424 g/mol. The molecule has 4 rings (SSSR count). The van der Waals surface area contributed by atoms with E-state index in [1.807, 2.05) is 29.6 Å². The van der Waals surface area contributed by atoms with Crippen LogP contribution in [0.25, 0.3) is 6.08 Å². The molecule has 1 atom stereocenters. The molecule has 0 radical (unpaired) electrons. The lowest BCUT2D eigenvalue weighted by atomic mass is 10.0. The smallest absolute Gasteiger partial charge is 0.338 e. The molecule has 4 heterocycles. The molecule has 29 heavy (non-hydrogen) atoms. The first-order valence-electron chi connectivity index (χ1n) is 8.84. The van der Waals surface area contributed by atoms with Crippen molar-refractivity contribution in [3.8, 4) is 0 Å². The summed E-state index contributed by atoms with van der Waals surface area (Å²) in [6.07, 6.45) is 6.67. The Morgan fingerprint density at radius 2 is 2.24 bits per heavy atom. The van der Waals surface area contributed by atoms with Crippen LogP contribution in [0.15, 0.2) is 75.8 Å². The molecular weight excluding hydrogens is 406 g/mol. The van der Waals surface area contributed by atoms with Crippen molar-refractivity contribution in [2.24, 2.45) is 4.99 Å². The second-order valence-electron chi connectivity index (χ2n) is 6.27. The summed E-state index contributed by atoms with van der Waals surface area (Å²) >= 11 is 2.78. The summed E-state index contributed by atoms with van der Waals surface area (Å²) in [4.78, 5) is 36.1. The largest absolute Gasteiger partial charge is 0.458 e. The zero-order valence-electron chi connectivity index (χ0n) is 15.6. The van der Waals surface area contributed by atoms with E-state index in [0.717, 1.165) is 10.4 Å². The number of hydrogen-bond donors (Lipinski definition) is 0. The lowest BCUT2D eigenvalue weighted by Crippen LogP contribution is -2.39.